The number of fused-ring (bicyclic) bond motifs is 2. The van der Waals surface area contributed by atoms with Gasteiger partial charge in [0.05, 0.1) is 12.1 Å². The van der Waals surface area contributed by atoms with Crippen LogP contribution in [0.15, 0.2) is 36.7 Å². The predicted molar refractivity (Wildman–Crippen MR) is 122 cm³/mol. The number of rotatable bonds is 4. The minimum absolute atomic E-state index is 0.0201. The molecule has 5 atom stereocenters. The molecule has 1 aliphatic heterocycles. The van der Waals surface area contributed by atoms with Crippen LogP contribution in [0.2, 0.25) is 0 Å². The summed E-state index contributed by atoms with van der Waals surface area (Å²) in [7, 11) is 0. The number of carbonyl (C=O) groups is 2. The Bertz CT molecular complexity index is 1110. The minimum Gasteiger partial charge on any atom is -0.335 e. The number of hydrogen-bond donors (Lipinski definition) is 2. The van der Waals surface area contributed by atoms with Gasteiger partial charge in [-0.1, -0.05) is 58.9 Å². The lowest BCUT2D eigenvalue weighted by atomic mass is 9.86. The molecule has 1 unspecified atom stereocenters. The van der Waals surface area contributed by atoms with Crippen molar-refractivity contribution in [2.45, 2.75) is 52.7 Å². The number of nitrogens with one attached hydrogen (secondary N) is 1. The van der Waals surface area contributed by atoms with E-state index in [0.717, 1.165) is 10.8 Å². The highest BCUT2D eigenvalue weighted by molar-refractivity contribution is 5.93. The first kappa shape index (κ1) is 22.2. The molecule has 1 saturated heterocycles. The van der Waals surface area contributed by atoms with Crippen LogP contribution in [0.1, 0.15) is 46.2 Å². The molecule has 4 rings (SSSR count). The Kier molecular flexibility index (Phi) is 5.25. The van der Waals surface area contributed by atoms with Gasteiger partial charge in [0, 0.05) is 29.9 Å². The summed E-state index contributed by atoms with van der Waals surface area (Å²) in [5, 5.41) is 14.6. The van der Waals surface area contributed by atoms with Gasteiger partial charge in [-0.2, -0.15) is 5.26 Å². The average molecular weight is 434 g/mol. The van der Waals surface area contributed by atoms with Crippen molar-refractivity contribution >= 4 is 22.6 Å². The normalized spacial score (nSPS) is 25.5. The van der Waals surface area contributed by atoms with E-state index < -0.39 is 23.5 Å². The lowest BCUT2D eigenvalue weighted by Crippen LogP contribution is -2.57. The van der Waals surface area contributed by atoms with Crippen molar-refractivity contribution in [1.29, 1.82) is 5.26 Å². The van der Waals surface area contributed by atoms with E-state index in [9.17, 15) is 14.9 Å². The van der Waals surface area contributed by atoms with Gasteiger partial charge in [-0.15, -0.1) is 0 Å². The maximum Gasteiger partial charge on any atom is 0.244 e. The zero-order chi connectivity index (χ0) is 23.4. The molecule has 1 aromatic heterocycles. The first-order valence-corrected chi connectivity index (χ1v) is 11.1. The molecular formula is C25H31N5O2. The van der Waals surface area contributed by atoms with E-state index in [0.29, 0.717) is 12.1 Å². The van der Waals surface area contributed by atoms with E-state index >= 15 is 0 Å². The van der Waals surface area contributed by atoms with Gasteiger partial charge in [0.2, 0.25) is 11.8 Å². The zero-order valence-corrected chi connectivity index (χ0v) is 19.3. The molecule has 2 aliphatic rings. The number of carbonyl (C=O) groups excluding carboxylic acids is 2. The Morgan fingerprint density at radius 3 is 2.62 bits per heavy atom. The van der Waals surface area contributed by atoms with Gasteiger partial charge in [-0.25, -0.2) is 0 Å². The number of nitriles is 1. The van der Waals surface area contributed by atoms with Crippen LogP contribution < -0.4 is 11.1 Å². The fourth-order valence-electron chi connectivity index (χ4n) is 5.14. The second kappa shape index (κ2) is 7.56. The Hall–Kier alpha value is -2.98. The standard InChI is InChI=1S/C25H31N5O2/c1-24(2,3)21(27)23(32)30-13-17-19(25(17,4)5)20(30)22(31)29-18(10-26)16-12-28-11-14-8-6-7-9-15(14)16/h6-9,11-12,17-21H,13,27H2,1-5H3,(H,29,31)/t17-,18?,19-,20-,21+/m0/s1. The van der Waals surface area contributed by atoms with Crippen LogP contribution in [0.5, 0.6) is 0 Å². The number of amides is 2. The van der Waals surface area contributed by atoms with Crippen molar-refractivity contribution in [2.24, 2.45) is 28.4 Å². The van der Waals surface area contributed by atoms with E-state index in [4.69, 9.17) is 5.73 Å². The lowest BCUT2D eigenvalue weighted by molar-refractivity contribution is -0.143. The van der Waals surface area contributed by atoms with Gasteiger partial charge in [-0.05, 0) is 28.1 Å². The van der Waals surface area contributed by atoms with Gasteiger partial charge >= 0.3 is 0 Å². The Balaban J connectivity index is 1.62. The van der Waals surface area contributed by atoms with E-state index in [1.54, 1.807) is 17.3 Å². The van der Waals surface area contributed by atoms with Crippen LogP contribution in [-0.4, -0.2) is 40.3 Å². The zero-order valence-electron chi connectivity index (χ0n) is 19.3. The van der Waals surface area contributed by atoms with Crippen LogP contribution in [0, 0.1) is 34.0 Å². The third kappa shape index (κ3) is 3.53. The molecule has 2 fully saturated rings. The van der Waals surface area contributed by atoms with Crippen LogP contribution in [-0.2, 0) is 9.59 Å². The maximum atomic E-state index is 13.5. The molecule has 1 aromatic carbocycles. The molecule has 32 heavy (non-hydrogen) atoms. The molecule has 0 bridgehead atoms. The van der Waals surface area contributed by atoms with Crippen molar-refractivity contribution in [3.05, 3.63) is 42.2 Å². The third-order valence-electron chi connectivity index (χ3n) is 7.38. The Morgan fingerprint density at radius 1 is 1.28 bits per heavy atom. The van der Waals surface area contributed by atoms with Gasteiger partial charge in [0.15, 0.2) is 0 Å². The molecule has 7 heteroatoms. The van der Waals surface area contributed by atoms with Crippen molar-refractivity contribution < 1.29 is 9.59 Å². The van der Waals surface area contributed by atoms with Crippen LogP contribution in [0.4, 0.5) is 0 Å². The van der Waals surface area contributed by atoms with E-state index in [1.807, 2.05) is 45.0 Å². The molecule has 0 spiro atoms. The highest BCUT2D eigenvalue weighted by Crippen LogP contribution is 2.65. The minimum atomic E-state index is -0.866. The first-order chi connectivity index (χ1) is 15.0. The summed E-state index contributed by atoms with van der Waals surface area (Å²) in [6.07, 6.45) is 3.35. The largest absolute Gasteiger partial charge is 0.335 e. The summed E-state index contributed by atoms with van der Waals surface area (Å²) < 4.78 is 0. The molecule has 1 saturated carbocycles. The SMILES string of the molecule is CC(C)(C)[C@H](N)C(=O)N1C[C@H]2[C@@H]([C@H]1C(=O)NC(C#N)c1cncc3ccccc13)C2(C)C. The topological polar surface area (TPSA) is 112 Å². The Morgan fingerprint density at radius 2 is 1.97 bits per heavy atom. The highest BCUT2D eigenvalue weighted by Gasteiger charge is 2.69. The molecule has 2 heterocycles. The molecule has 168 valence electrons. The van der Waals surface area contributed by atoms with Crippen molar-refractivity contribution in [1.82, 2.24) is 15.2 Å². The molecule has 2 aromatic rings. The maximum absolute atomic E-state index is 13.5. The van der Waals surface area contributed by atoms with Gasteiger partial charge < -0.3 is 16.0 Å². The average Bonchev–Trinajstić information content (AvgIpc) is 3.10. The van der Waals surface area contributed by atoms with Crippen molar-refractivity contribution in [2.75, 3.05) is 6.54 Å². The van der Waals surface area contributed by atoms with Gasteiger partial charge in [0.1, 0.15) is 12.1 Å². The van der Waals surface area contributed by atoms with Crippen molar-refractivity contribution in [3.8, 4) is 6.07 Å². The van der Waals surface area contributed by atoms with E-state index in [1.165, 1.54) is 0 Å². The third-order valence-corrected chi connectivity index (χ3v) is 7.38. The molecular weight excluding hydrogens is 402 g/mol. The van der Waals surface area contributed by atoms with Crippen LogP contribution in [0.3, 0.4) is 0 Å². The fourth-order valence-corrected chi connectivity index (χ4v) is 5.14. The van der Waals surface area contributed by atoms with Gasteiger partial charge in [-0.3, -0.25) is 14.6 Å². The number of pyridine rings is 1. The van der Waals surface area contributed by atoms with Gasteiger partial charge in [0.25, 0.3) is 0 Å². The smallest absolute Gasteiger partial charge is 0.244 e. The van der Waals surface area contributed by atoms with Crippen LogP contribution in [0.25, 0.3) is 10.8 Å². The van der Waals surface area contributed by atoms with E-state index in [2.05, 4.69) is 30.2 Å². The summed E-state index contributed by atoms with van der Waals surface area (Å²) >= 11 is 0. The second-order valence-electron chi connectivity index (χ2n) is 10.8. The Labute approximate surface area is 189 Å². The fraction of sp³-hybridized carbons (Fsp3) is 0.520. The summed E-state index contributed by atoms with van der Waals surface area (Å²) in [6, 6.07) is 7.64. The quantitative estimate of drug-likeness (QED) is 0.770. The number of likely N-dealkylation sites (tertiary alicyclic amines) is 1. The lowest BCUT2D eigenvalue weighted by Gasteiger charge is -2.35. The molecule has 1 aliphatic carbocycles. The van der Waals surface area contributed by atoms with E-state index in [-0.39, 0.29) is 29.1 Å². The monoisotopic (exact) mass is 433 g/mol. The number of nitrogens with two attached hydrogens (primary N) is 1. The molecule has 0 radical (unpaired) electrons. The van der Waals surface area contributed by atoms with Crippen molar-refractivity contribution in [3.63, 3.8) is 0 Å². The summed E-state index contributed by atoms with van der Waals surface area (Å²) in [5.41, 5.74) is 6.48. The number of aromatic nitrogens is 1. The number of hydrogen-bond acceptors (Lipinski definition) is 5. The molecule has 3 N–H and O–H groups in total. The molecule has 7 nitrogen and oxygen atoms in total. The van der Waals surface area contributed by atoms with Crippen LogP contribution >= 0.6 is 0 Å². The molecule has 2 amide bonds. The highest BCUT2D eigenvalue weighted by atomic mass is 16.2. The first-order valence-electron chi connectivity index (χ1n) is 11.1. The summed E-state index contributed by atoms with van der Waals surface area (Å²) in [4.78, 5) is 32.6. The second-order valence-corrected chi connectivity index (χ2v) is 10.8. The summed E-state index contributed by atoms with van der Waals surface area (Å²) in [5.74, 6) is -0.198. The number of nitrogens with zero attached hydrogens (tertiary/aromatic N) is 3. The predicted octanol–water partition coefficient (Wildman–Crippen LogP) is 2.77. The number of piperidine rings is 1. The summed E-state index contributed by atoms with van der Waals surface area (Å²) in [6.45, 7) is 10.5. The number of benzene rings is 1.